The number of carbonyl (C=O) groups is 2. The van der Waals surface area contributed by atoms with E-state index in [1.807, 2.05) is 0 Å². The zero-order chi connectivity index (χ0) is 18.6. The van der Waals surface area contributed by atoms with Gasteiger partial charge in [-0.15, -0.1) is 0 Å². The van der Waals surface area contributed by atoms with E-state index in [1.165, 1.54) is 18.2 Å². The van der Waals surface area contributed by atoms with Crippen LogP contribution in [0.25, 0.3) is 0 Å². The van der Waals surface area contributed by atoms with Crippen molar-refractivity contribution in [2.75, 3.05) is 18.0 Å². The third kappa shape index (κ3) is 4.30. The van der Waals surface area contributed by atoms with Gasteiger partial charge in [0.05, 0.1) is 10.6 Å². The van der Waals surface area contributed by atoms with Crippen LogP contribution in [0.4, 0.5) is 18.9 Å². The van der Waals surface area contributed by atoms with Crippen molar-refractivity contribution < 1.29 is 22.8 Å². The van der Waals surface area contributed by atoms with Gasteiger partial charge in [0.2, 0.25) is 5.91 Å². The second kappa shape index (κ2) is 8.02. The number of benzene rings is 2. The van der Waals surface area contributed by atoms with Crippen LogP contribution in [0.15, 0.2) is 36.4 Å². The minimum Gasteiger partial charge on any atom is -0.350 e. The molecule has 1 N–H and O–H groups in total. The van der Waals surface area contributed by atoms with Crippen LogP contribution >= 0.6 is 11.6 Å². The highest BCUT2D eigenvalue weighted by molar-refractivity contribution is 6.33. The van der Waals surface area contributed by atoms with Crippen LogP contribution in [0, 0.1) is 17.5 Å². The lowest BCUT2D eigenvalue weighted by Gasteiger charge is -2.22. The lowest BCUT2D eigenvalue weighted by molar-refractivity contribution is -0.116. The Hall–Kier alpha value is -2.54. The van der Waals surface area contributed by atoms with Crippen LogP contribution in [0.3, 0.4) is 0 Å². The number of halogens is 4. The van der Waals surface area contributed by atoms with E-state index < -0.39 is 35.0 Å². The summed E-state index contributed by atoms with van der Waals surface area (Å²) in [6.45, 7) is 0.781. The van der Waals surface area contributed by atoms with Gasteiger partial charge in [-0.2, -0.15) is 0 Å². The highest BCUT2D eigenvalue weighted by atomic mass is 35.5. The van der Waals surface area contributed by atoms with Gasteiger partial charge in [-0.1, -0.05) is 23.7 Å². The van der Waals surface area contributed by atoms with E-state index in [0.29, 0.717) is 0 Å². The summed E-state index contributed by atoms with van der Waals surface area (Å²) in [4.78, 5) is 24.6. The Labute approximate surface area is 147 Å². The molecule has 2 aromatic rings. The quantitative estimate of drug-likeness (QED) is 0.875. The first-order chi connectivity index (χ1) is 11.8. The third-order valence-corrected chi connectivity index (χ3v) is 3.71. The number of anilines is 1. The number of carbonyl (C=O) groups excluding carboxylic acids is 2. The molecule has 2 amide bonds. The summed E-state index contributed by atoms with van der Waals surface area (Å²) in [7, 11) is 0. The second-order valence-corrected chi connectivity index (χ2v) is 5.50. The molecule has 8 heteroatoms. The van der Waals surface area contributed by atoms with Gasteiger partial charge in [-0.3, -0.25) is 9.59 Å². The maximum atomic E-state index is 13.8. The molecule has 0 aliphatic carbocycles. The number of rotatable bonds is 5. The van der Waals surface area contributed by atoms with E-state index >= 15 is 0 Å². The molecule has 0 spiro atoms. The molecule has 0 radical (unpaired) electrons. The van der Waals surface area contributed by atoms with Gasteiger partial charge in [0.1, 0.15) is 23.1 Å². The van der Waals surface area contributed by atoms with E-state index in [-0.39, 0.29) is 23.7 Å². The molecule has 0 saturated heterocycles. The molecule has 4 nitrogen and oxygen atoms in total. The van der Waals surface area contributed by atoms with E-state index in [1.54, 1.807) is 0 Å². The zero-order valence-corrected chi connectivity index (χ0v) is 13.9. The molecule has 0 heterocycles. The Morgan fingerprint density at radius 2 is 1.60 bits per heavy atom. The molecular weight excluding hydrogens is 357 g/mol. The first kappa shape index (κ1) is 18.8. The van der Waals surface area contributed by atoms with Gasteiger partial charge in [0.15, 0.2) is 0 Å². The normalized spacial score (nSPS) is 10.4. The molecule has 0 aliphatic heterocycles. The van der Waals surface area contributed by atoms with Crippen molar-refractivity contribution >= 4 is 29.1 Å². The van der Waals surface area contributed by atoms with Crippen LogP contribution in [0.2, 0.25) is 5.02 Å². The standard InChI is InChI=1S/C17H14ClF3N2O2/c1-10(24)23(16-13(20)6-3-7-14(16)21)9-8-22-17(25)15-11(18)4-2-5-12(15)19/h2-7H,8-9H2,1H3,(H,22,25). The minimum atomic E-state index is -0.904. The second-order valence-electron chi connectivity index (χ2n) is 5.09. The Morgan fingerprint density at radius 3 is 2.16 bits per heavy atom. The molecule has 2 rings (SSSR count). The van der Waals surface area contributed by atoms with Crippen molar-refractivity contribution in [2.45, 2.75) is 6.92 Å². The van der Waals surface area contributed by atoms with Gasteiger partial charge >= 0.3 is 0 Å². The molecule has 0 unspecified atom stereocenters. The zero-order valence-electron chi connectivity index (χ0n) is 13.2. The van der Waals surface area contributed by atoms with Crippen molar-refractivity contribution in [1.29, 1.82) is 0 Å². The average molecular weight is 371 g/mol. The number of nitrogens with zero attached hydrogens (tertiary/aromatic N) is 1. The summed E-state index contributed by atoms with van der Waals surface area (Å²) in [5, 5.41) is 2.30. The van der Waals surface area contributed by atoms with Crippen LogP contribution < -0.4 is 10.2 Å². The van der Waals surface area contributed by atoms with Gasteiger partial charge < -0.3 is 10.2 Å². The summed E-state index contributed by atoms with van der Waals surface area (Å²) in [5.74, 6) is -4.01. The van der Waals surface area contributed by atoms with Gasteiger partial charge in [-0.25, -0.2) is 13.2 Å². The summed E-state index contributed by atoms with van der Waals surface area (Å²) >= 11 is 5.79. The maximum Gasteiger partial charge on any atom is 0.255 e. The third-order valence-electron chi connectivity index (χ3n) is 3.40. The smallest absolute Gasteiger partial charge is 0.255 e. The van der Waals surface area contributed by atoms with E-state index in [4.69, 9.17) is 11.6 Å². The topological polar surface area (TPSA) is 49.4 Å². The summed E-state index contributed by atoms with van der Waals surface area (Å²) in [6.07, 6.45) is 0. The van der Waals surface area contributed by atoms with E-state index in [2.05, 4.69) is 5.32 Å². The van der Waals surface area contributed by atoms with Crippen LogP contribution in [-0.4, -0.2) is 24.9 Å². The Morgan fingerprint density at radius 1 is 1.04 bits per heavy atom. The first-order valence-corrected chi connectivity index (χ1v) is 7.65. The molecule has 132 valence electrons. The van der Waals surface area contributed by atoms with Crippen LogP contribution in [0.5, 0.6) is 0 Å². The average Bonchev–Trinajstić information content (AvgIpc) is 2.52. The lowest BCUT2D eigenvalue weighted by atomic mass is 10.2. The molecule has 0 fully saturated rings. The van der Waals surface area contributed by atoms with Crippen LogP contribution in [-0.2, 0) is 4.79 Å². The largest absolute Gasteiger partial charge is 0.350 e. The number of amides is 2. The van der Waals surface area contributed by atoms with Crippen LogP contribution in [0.1, 0.15) is 17.3 Å². The van der Waals surface area contributed by atoms with Gasteiger partial charge in [0, 0.05) is 20.0 Å². The van der Waals surface area contributed by atoms with Crippen molar-refractivity contribution in [3.63, 3.8) is 0 Å². The fraction of sp³-hybridized carbons (Fsp3) is 0.176. The number of hydrogen-bond acceptors (Lipinski definition) is 2. The monoisotopic (exact) mass is 370 g/mol. The van der Waals surface area contributed by atoms with Crippen molar-refractivity contribution in [2.24, 2.45) is 0 Å². The van der Waals surface area contributed by atoms with E-state index in [0.717, 1.165) is 30.0 Å². The Bertz CT molecular complexity index is 774. The molecule has 0 saturated carbocycles. The lowest BCUT2D eigenvalue weighted by Crippen LogP contribution is -2.38. The predicted molar refractivity (Wildman–Crippen MR) is 88.1 cm³/mol. The van der Waals surface area contributed by atoms with Gasteiger partial charge in [-0.05, 0) is 24.3 Å². The summed E-state index contributed by atoms with van der Waals surface area (Å²) < 4.78 is 41.3. The SMILES string of the molecule is CC(=O)N(CCNC(=O)c1c(F)cccc1Cl)c1c(F)cccc1F. The van der Waals surface area contributed by atoms with E-state index in [9.17, 15) is 22.8 Å². The van der Waals surface area contributed by atoms with Gasteiger partial charge in [0.25, 0.3) is 5.91 Å². The Balaban J connectivity index is 2.10. The molecule has 0 atom stereocenters. The number of hydrogen-bond donors (Lipinski definition) is 1. The fourth-order valence-corrected chi connectivity index (χ4v) is 2.51. The molecule has 0 bridgehead atoms. The molecule has 25 heavy (non-hydrogen) atoms. The first-order valence-electron chi connectivity index (χ1n) is 7.27. The fourth-order valence-electron chi connectivity index (χ4n) is 2.26. The van der Waals surface area contributed by atoms with Crippen molar-refractivity contribution in [1.82, 2.24) is 5.32 Å². The Kier molecular flexibility index (Phi) is 6.03. The van der Waals surface area contributed by atoms with Crippen molar-refractivity contribution in [3.8, 4) is 0 Å². The number of para-hydroxylation sites is 1. The highest BCUT2D eigenvalue weighted by Crippen LogP contribution is 2.23. The summed E-state index contributed by atoms with van der Waals surface area (Å²) in [6, 6.07) is 7.01. The predicted octanol–water partition coefficient (Wildman–Crippen LogP) is 3.54. The van der Waals surface area contributed by atoms with Crippen molar-refractivity contribution in [3.05, 3.63) is 64.4 Å². The highest BCUT2D eigenvalue weighted by Gasteiger charge is 2.21. The maximum absolute atomic E-state index is 13.8. The molecule has 0 aromatic heterocycles. The number of nitrogens with one attached hydrogen (secondary N) is 1. The molecule has 0 aliphatic rings. The molecule has 2 aromatic carbocycles. The molecular formula is C17H14ClF3N2O2. The minimum absolute atomic E-state index is 0.0685. The summed E-state index contributed by atoms with van der Waals surface area (Å²) in [5.41, 5.74) is -0.844.